The molecule has 8 heteroatoms. The number of non-ortho nitro benzene ring substituents is 1. The lowest BCUT2D eigenvalue weighted by molar-refractivity contribution is -0.384. The lowest BCUT2D eigenvalue weighted by Crippen LogP contribution is -2.39. The Morgan fingerprint density at radius 1 is 1.27 bits per heavy atom. The number of carbonyl (C=O) groups is 2. The minimum absolute atomic E-state index is 0.0963. The minimum atomic E-state index is -1.03. The number of benzene rings is 1. The number of nitrogens with zero attached hydrogens (tertiary/aromatic N) is 1. The van der Waals surface area contributed by atoms with E-state index in [1.165, 1.54) is 26.2 Å². The zero-order valence-corrected chi connectivity index (χ0v) is 12.8. The molecule has 1 N–H and O–H groups in total. The van der Waals surface area contributed by atoms with Crippen molar-refractivity contribution >= 4 is 17.6 Å². The summed E-state index contributed by atoms with van der Waals surface area (Å²) in [6, 6.07) is 3.47. The quantitative estimate of drug-likeness (QED) is 0.486. The highest BCUT2D eigenvalue weighted by atomic mass is 16.6. The van der Waals surface area contributed by atoms with Crippen LogP contribution in [0.5, 0.6) is 5.75 Å². The molecule has 1 aromatic carbocycles. The van der Waals surface area contributed by atoms with Gasteiger partial charge in [0.25, 0.3) is 11.6 Å². The van der Waals surface area contributed by atoms with Gasteiger partial charge in [0, 0.05) is 18.2 Å². The third kappa shape index (κ3) is 4.44. The van der Waals surface area contributed by atoms with Crippen molar-refractivity contribution in [2.75, 3.05) is 7.11 Å². The van der Waals surface area contributed by atoms with Gasteiger partial charge in [0.05, 0.1) is 12.0 Å². The van der Waals surface area contributed by atoms with Crippen molar-refractivity contribution in [1.82, 2.24) is 5.32 Å². The number of esters is 1. The normalized spacial score (nSPS) is 11.7. The number of nitro groups is 1. The highest BCUT2D eigenvalue weighted by Crippen LogP contribution is 2.25. The van der Waals surface area contributed by atoms with Crippen LogP contribution in [0.4, 0.5) is 5.69 Å². The Morgan fingerprint density at radius 2 is 1.91 bits per heavy atom. The molecule has 0 aliphatic carbocycles. The molecule has 8 nitrogen and oxygen atoms in total. The van der Waals surface area contributed by atoms with E-state index in [1.54, 1.807) is 13.8 Å². The molecule has 0 aliphatic heterocycles. The molecule has 1 rings (SSSR count). The summed E-state index contributed by atoms with van der Waals surface area (Å²) in [6.07, 6.45) is -1.03. The van der Waals surface area contributed by atoms with E-state index in [9.17, 15) is 19.7 Å². The molecule has 0 saturated heterocycles. The third-order valence-corrected chi connectivity index (χ3v) is 2.70. The van der Waals surface area contributed by atoms with Crippen molar-refractivity contribution in [3.05, 3.63) is 33.9 Å². The number of methoxy groups -OCH3 is 1. The molecule has 120 valence electrons. The second-order valence-electron chi connectivity index (χ2n) is 4.85. The standard InChI is InChI=1S/C14H18N2O6/c1-8(2)15-13(17)9(3)22-14(18)11-7-10(16(19)20)5-6-12(11)21-4/h5-9H,1-4H3,(H,15,17)/t9-/m1/s1. The molecule has 1 aromatic rings. The first-order valence-corrected chi connectivity index (χ1v) is 6.60. The van der Waals surface area contributed by atoms with Gasteiger partial charge in [-0.1, -0.05) is 0 Å². The molecule has 0 fully saturated rings. The number of carbonyl (C=O) groups excluding carboxylic acids is 2. The van der Waals surface area contributed by atoms with Crippen molar-refractivity contribution in [1.29, 1.82) is 0 Å². The molecule has 0 unspecified atom stereocenters. The first-order chi connectivity index (χ1) is 10.3. The van der Waals surface area contributed by atoms with Crippen LogP contribution in [-0.2, 0) is 9.53 Å². The Hall–Kier alpha value is -2.64. The van der Waals surface area contributed by atoms with Crippen molar-refractivity contribution < 1.29 is 24.0 Å². The number of amides is 1. The Labute approximate surface area is 127 Å². The van der Waals surface area contributed by atoms with Gasteiger partial charge in [-0.15, -0.1) is 0 Å². The largest absolute Gasteiger partial charge is 0.496 e. The summed E-state index contributed by atoms with van der Waals surface area (Å²) in [5.41, 5.74) is -0.382. The van der Waals surface area contributed by atoms with E-state index in [2.05, 4.69) is 5.32 Å². The van der Waals surface area contributed by atoms with E-state index in [-0.39, 0.29) is 23.0 Å². The van der Waals surface area contributed by atoms with Crippen LogP contribution in [-0.4, -0.2) is 36.1 Å². The summed E-state index contributed by atoms with van der Waals surface area (Å²) >= 11 is 0. The summed E-state index contributed by atoms with van der Waals surface area (Å²) in [7, 11) is 1.33. The maximum absolute atomic E-state index is 12.1. The van der Waals surface area contributed by atoms with Crippen LogP contribution >= 0.6 is 0 Å². The van der Waals surface area contributed by atoms with Crippen LogP contribution in [0.15, 0.2) is 18.2 Å². The topological polar surface area (TPSA) is 108 Å². The second kappa shape index (κ2) is 7.39. The smallest absolute Gasteiger partial charge is 0.342 e. The van der Waals surface area contributed by atoms with Gasteiger partial charge in [-0.25, -0.2) is 4.79 Å². The fraction of sp³-hybridized carbons (Fsp3) is 0.429. The summed E-state index contributed by atoms with van der Waals surface area (Å²) in [4.78, 5) is 34.0. The SMILES string of the molecule is COc1ccc([N+](=O)[O-])cc1C(=O)O[C@H](C)C(=O)NC(C)C. The van der Waals surface area contributed by atoms with Gasteiger partial charge in [-0.2, -0.15) is 0 Å². The van der Waals surface area contributed by atoms with Crippen molar-refractivity contribution in [3.63, 3.8) is 0 Å². The molecule has 0 heterocycles. The predicted octanol–water partition coefficient (Wildman–Crippen LogP) is 1.67. The average molecular weight is 310 g/mol. The maximum atomic E-state index is 12.1. The molecule has 0 aliphatic rings. The van der Waals surface area contributed by atoms with Gasteiger partial charge in [0.15, 0.2) is 6.10 Å². The van der Waals surface area contributed by atoms with Gasteiger partial charge < -0.3 is 14.8 Å². The Bertz CT molecular complexity index is 585. The van der Waals surface area contributed by atoms with Gasteiger partial charge in [-0.3, -0.25) is 14.9 Å². The molecule has 0 aromatic heterocycles. The second-order valence-corrected chi connectivity index (χ2v) is 4.85. The van der Waals surface area contributed by atoms with Crippen molar-refractivity contribution in [2.45, 2.75) is 32.9 Å². The Balaban J connectivity index is 2.94. The monoisotopic (exact) mass is 310 g/mol. The summed E-state index contributed by atoms with van der Waals surface area (Å²) in [5.74, 6) is -1.19. The molecule has 0 saturated carbocycles. The van der Waals surface area contributed by atoms with E-state index >= 15 is 0 Å². The fourth-order valence-corrected chi connectivity index (χ4v) is 1.65. The number of nitro benzene ring substituents is 1. The summed E-state index contributed by atoms with van der Waals surface area (Å²) < 4.78 is 10.0. The number of hydrogen-bond acceptors (Lipinski definition) is 6. The Morgan fingerprint density at radius 3 is 2.41 bits per heavy atom. The minimum Gasteiger partial charge on any atom is -0.496 e. The molecule has 1 amide bonds. The molecular formula is C14H18N2O6. The first kappa shape index (κ1) is 17.4. The van der Waals surface area contributed by atoms with Crippen LogP contribution in [0.3, 0.4) is 0 Å². The molecule has 0 spiro atoms. The number of nitrogens with one attached hydrogen (secondary N) is 1. The molecular weight excluding hydrogens is 292 g/mol. The zero-order valence-electron chi connectivity index (χ0n) is 12.8. The van der Waals surface area contributed by atoms with E-state index in [1.807, 2.05) is 0 Å². The van der Waals surface area contributed by atoms with E-state index in [0.717, 1.165) is 6.07 Å². The van der Waals surface area contributed by atoms with Gasteiger partial charge in [0.2, 0.25) is 0 Å². The number of ether oxygens (including phenoxy) is 2. The van der Waals surface area contributed by atoms with E-state index in [4.69, 9.17) is 9.47 Å². The molecule has 22 heavy (non-hydrogen) atoms. The van der Waals surface area contributed by atoms with Crippen LogP contribution < -0.4 is 10.1 Å². The van der Waals surface area contributed by atoms with E-state index in [0.29, 0.717) is 0 Å². The summed E-state index contributed by atoms with van der Waals surface area (Å²) in [6.45, 7) is 4.96. The number of hydrogen-bond donors (Lipinski definition) is 1. The summed E-state index contributed by atoms with van der Waals surface area (Å²) in [5, 5.41) is 13.4. The third-order valence-electron chi connectivity index (χ3n) is 2.70. The molecule has 0 bridgehead atoms. The highest BCUT2D eigenvalue weighted by molar-refractivity contribution is 5.95. The highest BCUT2D eigenvalue weighted by Gasteiger charge is 2.23. The van der Waals surface area contributed by atoms with Gasteiger partial charge in [-0.05, 0) is 26.8 Å². The lowest BCUT2D eigenvalue weighted by atomic mass is 10.1. The molecule has 1 atom stereocenters. The maximum Gasteiger partial charge on any atom is 0.342 e. The lowest BCUT2D eigenvalue weighted by Gasteiger charge is -2.16. The van der Waals surface area contributed by atoms with E-state index < -0.39 is 22.9 Å². The van der Waals surface area contributed by atoms with Crippen molar-refractivity contribution in [3.8, 4) is 5.75 Å². The van der Waals surface area contributed by atoms with Crippen LogP contribution in [0.2, 0.25) is 0 Å². The van der Waals surface area contributed by atoms with Crippen molar-refractivity contribution in [2.24, 2.45) is 0 Å². The fourth-order valence-electron chi connectivity index (χ4n) is 1.65. The predicted molar refractivity (Wildman–Crippen MR) is 77.8 cm³/mol. The van der Waals surface area contributed by atoms with Gasteiger partial charge in [0.1, 0.15) is 11.3 Å². The average Bonchev–Trinajstić information content (AvgIpc) is 2.45. The van der Waals surface area contributed by atoms with Crippen LogP contribution in [0.25, 0.3) is 0 Å². The number of rotatable bonds is 6. The van der Waals surface area contributed by atoms with Crippen LogP contribution in [0, 0.1) is 10.1 Å². The van der Waals surface area contributed by atoms with Crippen LogP contribution in [0.1, 0.15) is 31.1 Å². The van der Waals surface area contributed by atoms with Gasteiger partial charge >= 0.3 is 5.97 Å². The molecule has 0 radical (unpaired) electrons. The Kier molecular flexibility index (Phi) is 5.85. The first-order valence-electron chi connectivity index (χ1n) is 6.60. The zero-order chi connectivity index (χ0) is 16.9.